The van der Waals surface area contributed by atoms with Crippen molar-refractivity contribution in [2.24, 2.45) is 20.0 Å². The molecule has 0 aromatic carbocycles. The summed E-state index contributed by atoms with van der Waals surface area (Å²) < 4.78 is 0. The molecule has 0 aliphatic carbocycles. The molecule has 0 bridgehead atoms. The maximum atomic E-state index is 9.63. The van der Waals surface area contributed by atoms with E-state index in [0.717, 1.165) is 38.5 Å². The highest BCUT2D eigenvalue weighted by Gasteiger charge is 1.87. The van der Waals surface area contributed by atoms with Crippen LogP contribution in [-0.4, -0.2) is 50.5 Å². The molecule has 0 rings (SSSR count). The Labute approximate surface area is 129 Å². The Morgan fingerprint density at radius 3 is 0.864 bits per heavy atom. The van der Waals surface area contributed by atoms with Gasteiger partial charge in [-0.2, -0.15) is 0 Å². The average molecular weight is 308 g/mol. The molecule has 0 aromatic rings. The topological polar surface area (TPSA) is 118 Å². The van der Waals surface area contributed by atoms with Gasteiger partial charge in [0.05, 0.1) is 26.2 Å². The highest BCUT2D eigenvalue weighted by atomic mass is 16.1. The van der Waals surface area contributed by atoms with Crippen LogP contribution in [0.25, 0.3) is 0 Å². The third kappa shape index (κ3) is 26.2. The van der Waals surface area contributed by atoms with Crippen molar-refractivity contribution in [1.82, 2.24) is 0 Å². The zero-order valence-corrected chi connectivity index (χ0v) is 12.5. The van der Waals surface area contributed by atoms with E-state index in [-0.39, 0.29) is 0 Å². The van der Waals surface area contributed by atoms with E-state index in [1.807, 2.05) is 0 Å². The van der Waals surface area contributed by atoms with Gasteiger partial charge < -0.3 is 0 Å². The fraction of sp³-hybridized carbons (Fsp3) is 0.714. The van der Waals surface area contributed by atoms with Gasteiger partial charge in [-0.3, -0.25) is 0 Å². The Morgan fingerprint density at radius 2 is 0.636 bits per heavy atom. The Bertz CT molecular complexity index is 400. The summed E-state index contributed by atoms with van der Waals surface area (Å²) >= 11 is 0. The van der Waals surface area contributed by atoms with Crippen molar-refractivity contribution in [3.05, 3.63) is 0 Å². The molecule has 0 aliphatic heterocycles. The molecular weight excluding hydrogens is 288 g/mol. The van der Waals surface area contributed by atoms with Crippen LogP contribution in [0.15, 0.2) is 20.0 Å². The van der Waals surface area contributed by atoms with Crippen LogP contribution in [0.1, 0.15) is 38.5 Å². The monoisotopic (exact) mass is 308 g/mol. The van der Waals surface area contributed by atoms with Crippen molar-refractivity contribution < 1.29 is 19.2 Å². The minimum atomic E-state index is 0.470. The lowest BCUT2D eigenvalue weighted by Gasteiger charge is -1.93. The summed E-state index contributed by atoms with van der Waals surface area (Å²) in [5, 5.41) is 0. The van der Waals surface area contributed by atoms with Gasteiger partial charge in [0.1, 0.15) is 0 Å². The molecule has 0 aromatic heterocycles. The van der Waals surface area contributed by atoms with E-state index in [1.54, 1.807) is 0 Å². The first kappa shape index (κ1) is 21.8. The van der Waals surface area contributed by atoms with Gasteiger partial charge >= 0.3 is 0 Å². The fourth-order valence-electron chi connectivity index (χ4n) is 1.30. The van der Waals surface area contributed by atoms with Crippen molar-refractivity contribution in [1.29, 1.82) is 0 Å². The van der Waals surface area contributed by atoms with Gasteiger partial charge in [-0.25, -0.2) is 39.1 Å². The quantitative estimate of drug-likeness (QED) is 0.309. The molecule has 0 fully saturated rings. The van der Waals surface area contributed by atoms with Crippen molar-refractivity contribution >= 4 is 24.3 Å². The maximum absolute atomic E-state index is 9.63. The van der Waals surface area contributed by atoms with Crippen LogP contribution in [-0.2, 0) is 19.2 Å². The molecule has 0 saturated carbocycles. The minimum absolute atomic E-state index is 0.470. The van der Waals surface area contributed by atoms with Gasteiger partial charge in [0.15, 0.2) is 0 Å². The first-order valence-corrected chi connectivity index (χ1v) is 6.98. The van der Waals surface area contributed by atoms with Crippen molar-refractivity contribution in [2.75, 3.05) is 26.2 Å². The largest absolute Gasteiger partial charge is 0.234 e. The second-order valence-electron chi connectivity index (χ2n) is 4.01. The van der Waals surface area contributed by atoms with E-state index in [9.17, 15) is 19.2 Å². The van der Waals surface area contributed by atoms with Crippen LogP contribution in [0.5, 0.6) is 0 Å². The summed E-state index contributed by atoms with van der Waals surface area (Å²) in [5.41, 5.74) is 0. The van der Waals surface area contributed by atoms with Crippen LogP contribution in [0.2, 0.25) is 0 Å². The van der Waals surface area contributed by atoms with E-state index in [1.165, 1.54) is 24.3 Å². The van der Waals surface area contributed by atoms with E-state index in [2.05, 4.69) is 20.0 Å². The zero-order valence-electron chi connectivity index (χ0n) is 12.5. The maximum Gasteiger partial charge on any atom is 0.234 e. The molecule has 0 N–H and O–H groups in total. The Balaban J connectivity index is 0. The Kier molecular flexibility index (Phi) is 23.4. The number of carbonyl (C=O) groups excluding carboxylic acids is 4. The van der Waals surface area contributed by atoms with Gasteiger partial charge in [0, 0.05) is 0 Å². The second kappa shape index (κ2) is 23.6. The van der Waals surface area contributed by atoms with Crippen LogP contribution in [0, 0.1) is 0 Å². The lowest BCUT2D eigenvalue weighted by molar-refractivity contribution is 0.558. The molecule has 0 amide bonds. The first-order chi connectivity index (χ1) is 10.8. The summed E-state index contributed by atoms with van der Waals surface area (Å²) in [6, 6.07) is 0. The van der Waals surface area contributed by atoms with Crippen LogP contribution in [0.4, 0.5) is 0 Å². The van der Waals surface area contributed by atoms with E-state index < -0.39 is 0 Å². The summed E-state index contributed by atoms with van der Waals surface area (Å²) in [4.78, 5) is 51.8. The molecule has 0 atom stereocenters. The molecule has 8 heteroatoms. The molecule has 0 unspecified atom stereocenters. The zero-order chi connectivity index (χ0) is 16.7. The predicted molar refractivity (Wildman–Crippen MR) is 79.7 cm³/mol. The van der Waals surface area contributed by atoms with Crippen LogP contribution in [0.3, 0.4) is 0 Å². The van der Waals surface area contributed by atoms with E-state index >= 15 is 0 Å². The highest BCUT2D eigenvalue weighted by Crippen LogP contribution is 1.99. The molecular formula is C14H20N4O4. The van der Waals surface area contributed by atoms with Crippen LogP contribution >= 0.6 is 0 Å². The summed E-state index contributed by atoms with van der Waals surface area (Å²) in [6.45, 7) is 2.05. The van der Waals surface area contributed by atoms with Crippen molar-refractivity contribution in [3.8, 4) is 0 Å². The summed E-state index contributed by atoms with van der Waals surface area (Å²) in [6.07, 6.45) is 11.2. The summed E-state index contributed by atoms with van der Waals surface area (Å²) in [7, 11) is 0. The standard InChI is InChI=1S/C8H12N2O2.C6H8N2O2/c11-7-9-5-3-1-2-4-6-10-8-12;9-5-7-3-1-2-4-8-6-10/h1-6H2;1-4H2. The number of unbranched alkanes of at least 4 members (excludes halogenated alkanes) is 4. The molecule has 0 radical (unpaired) electrons. The normalized spacial score (nSPS) is 8.00. The molecule has 8 nitrogen and oxygen atoms in total. The Morgan fingerprint density at radius 1 is 0.409 bits per heavy atom. The lowest BCUT2D eigenvalue weighted by Crippen LogP contribution is -1.84. The predicted octanol–water partition coefficient (Wildman–Crippen LogP) is 1.66. The smallest absolute Gasteiger partial charge is 0.211 e. The SMILES string of the molecule is O=C=NCCCCCCN=C=O.O=C=NCCCCN=C=O. The number of aliphatic imine (C=N–C) groups is 4. The third-order valence-corrected chi connectivity index (χ3v) is 2.34. The molecule has 0 aliphatic rings. The van der Waals surface area contributed by atoms with Crippen molar-refractivity contribution in [2.45, 2.75) is 38.5 Å². The summed E-state index contributed by atoms with van der Waals surface area (Å²) in [5.74, 6) is 0. The number of hydrogen-bond acceptors (Lipinski definition) is 8. The van der Waals surface area contributed by atoms with Crippen molar-refractivity contribution in [3.63, 3.8) is 0 Å². The highest BCUT2D eigenvalue weighted by molar-refractivity contribution is 5.33. The second-order valence-corrected chi connectivity index (χ2v) is 4.01. The van der Waals surface area contributed by atoms with Gasteiger partial charge in [-0.05, 0) is 25.7 Å². The number of isocyanates is 4. The van der Waals surface area contributed by atoms with Gasteiger partial charge in [0.2, 0.25) is 24.3 Å². The average Bonchev–Trinajstić information content (AvgIpc) is 2.54. The molecule has 0 spiro atoms. The van der Waals surface area contributed by atoms with Crippen LogP contribution < -0.4 is 0 Å². The van der Waals surface area contributed by atoms with E-state index in [0.29, 0.717) is 26.2 Å². The third-order valence-electron chi connectivity index (χ3n) is 2.34. The van der Waals surface area contributed by atoms with Gasteiger partial charge in [-0.15, -0.1) is 0 Å². The number of hydrogen-bond donors (Lipinski definition) is 0. The lowest BCUT2D eigenvalue weighted by atomic mass is 10.2. The first-order valence-electron chi connectivity index (χ1n) is 6.98. The van der Waals surface area contributed by atoms with Gasteiger partial charge in [0.25, 0.3) is 0 Å². The fourth-order valence-corrected chi connectivity index (χ4v) is 1.30. The molecule has 22 heavy (non-hydrogen) atoms. The number of nitrogens with zero attached hydrogens (tertiary/aromatic N) is 4. The Hall–Kier alpha value is -2.48. The van der Waals surface area contributed by atoms with E-state index in [4.69, 9.17) is 0 Å². The minimum Gasteiger partial charge on any atom is -0.211 e. The molecule has 120 valence electrons. The molecule has 0 saturated heterocycles. The van der Waals surface area contributed by atoms with Gasteiger partial charge in [-0.1, -0.05) is 12.8 Å². The molecule has 0 heterocycles. The number of rotatable bonds is 12.